The van der Waals surface area contributed by atoms with Gasteiger partial charge in [0, 0.05) is 16.1 Å². The molecule has 0 aliphatic rings. The largest absolute Gasteiger partial charge is 0.479 e. The number of pyridine rings is 1. The van der Waals surface area contributed by atoms with Crippen LogP contribution >= 0.6 is 15.9 Å². The second kappa shape index (κ2) is 7.18. The summed E-state index contributed by atoms with van der Waals surface area (Å²) >= 11 is 3.33. The van der Waals surface area contributed by atoms with Crippen LogP contribution in [-0.4, -0.2) is 17.6 Å². The minimum atomic E-state index is -2.63. The van der Waals surface area contributed by atoms with Crippen molar-refractivity contribution in [1.29, 1.82) is 5.26 Å². The van der Waals surface area contributed by atoms with Crippen molar-refractivity contribution in [3.05, 3.63) is 51.2 Å². The molecule has 0 radical (unpaired) electrons. The van der Waals surface area contributed by atoms with E-state index in [4.69, 9.17) is 10.00 Å². The van der Waals surface area contributed by atoms with Gasteiger partial charge in [-0.05, 0) is 40.2 Å². The minimum absolute atomic E-state index is 0.0901. The molecule has 0 bridgehead atoms. The van der Waals surface area contributed by atoms with E-state index in [1.807, 2.05) is 6.07 Å². The lowest BCUT2D eigenvalue weighted by Gasteiger charge is -2.14. The van der Waals surface area contributed by atoms with Crippen LogP contribution in [0.2, 0.25) is 0 Å². The van der Waals surface area contributed by atoms with Gasteiger partial charge in [0.1, 0.15) is 11.8 Å². The third-order valence-electron chi connectivity index (χ3n) is 2.89. The van der Waals surface area contributed by atoms with Crippen LogP contribution in [0.4, 0.5) is 8.78 Å². The third kappa shape index (κ3) is 3.71. The molecule has 0 aliphatic heterocycles. The monoisotopic (exact) mass is 368 g/mol. The molecule has 0 N–H and O–H groups in total. The highest BCUT2D eigenvalue weighted by Crippen LogP contribution is 2.31. The highest BCUT2D eigenvalue weighted by Gasteiger charge is 2.13. The second-order valence-electron chi connectivity index (χ2n) is 4.34. The number of hydrogen-bond donors (Lipinski definition) is 0. The first-order valence-corrected chi connectivity index (χ1v) is 7.10. The van der Waals surface area contributed by atoms with E-state index in [9.17, 15) is 13.6 Å². The fourth-order valence-electron chi connectivity index (χ4n) is 1.99. The number of nitriles is 1. The van der Waals surface area contributed by atoms with Gasteiger partial charge in [0.05, 0.1) is 12.2 Å². The van der Waals surface area contributed by atoms with Crippen molar-refractivity contribution in [1.82, 2.24) is 4.57 Å². The number of ether oxygens (including phenoxy) is 1. The Morgan fingerprint density at radius 1 is 1.32 bits per heavy atom. The molecule has 1 aromatic carbocycles. The van der Waals surface area contributed by atoms with Crippen LogP contribution in [0, 0.1) is 11.3 Å². The van der Waals surface area contributed by atoms with Gasteiger partial charge in [0.25, 0.3) is 12.0 Å². The van der Waals surface area contributed by atoms with E-state index in [0.717, 1.165) is 4.57 Å². The maximum atomic E-state index is 12.7. The zero-order valence-corrected chi connectivity index (χ0v) is 12.9. The molecule has 0 amide bonds. The predicted molar refractivity (Wildman–Crippen MR) is 81.0 cm³/mol. The summed E-state index contributed by atoms with van der Waals surface area (Å²) in [5, 5.41) is 8.48. The first kappa shape index (κ1) is 16.2. The summed E-state index contributed by atoms with van der Waals surface area (Å²) in [4.78, 5) is 11.8. The molecule has 0 atom stereocenters. The molecule has 114 valence electrons. The maximum absolute atomic E-state index is 12.7. The van der Waals surface area contributed by atoms with Gasteiger partial charge in [0.2, 0.25) is 0 Å². The van der Waals surface area contributed by atoms with Crippen molar-refractivity contribution in [3.8, 4) is 23.1 Å². The Morgan fingerprint density at radius 3 is 2.73 bits per heavy atom. The molecule has 22 heavy (non-hydrogen) atoms. The lowest BCUT2D eigenvalue weighted by Crippen LogP contribution is -2.23. The molecule has 7 heteroatoms. The highest BCUT2D eigenvalue weighted by molar-refractivity contribution is 9.10. The number of halogens is 3. The first-order valence-electron chi connectivity index (χ1n) is 6.30. The highest BCUT2D eigenvalue weighted by atomic mass is 79.9. The zero-order valence-electron chi connectivity index (χ0n) is 11.3. The normalized spacial score (nSPS) is 10.5. The smallest absolute Gasteiger partial charge is 0.256 e. The van der Waals surface area contributed by atoms with Crippen LogP contribution < -0.4 is 10.3 Å². The molecule has 0 saturated heterocycles. The Balaban J connectivity index is 2.46. The molecule has 2 rings (SSSR count). The Labute approximate surface area is 133 Å². The van der Waals surface area contributed by atoms with Crippen molar-refractivity contribution >= 4 is 15.9 Å². The first-order chi connectivity index (χ1) is 10.5. The number of alkyl halides is 2. The standard InChI is InChI=1S/C15H11BrF2N2O2/c16-12-8-10(22-7-6-19)4-5-11(12)13-2-1-3-15(21)20(13)9-14(17)18/h1-5,8,14H,7,9H2. The molecular formula is C15H11BrF2N2O2. The summed E-state index contributed by atoms with van der Waals surface area (Å²) < 4.78 is 32.1. The summed E-state index contributed by atoms with van der Waals surface area (Å²) in [5.74, 6) is 0.468. The molecule has 2 aromatic rings. The summed E-state index contributed by atoms with van der Waals surface area (Å²) in [6, 6.07) is 11.1. The van der Waals surface area contributed by atoms with Crippen molar-refractivity contribution in [2.24, 2.45) is 0 Å². The van der Waals surface area contributed by atoms with Gasteiger partial charge in [-0.1, -0.05) is 6.07 Å². The van der Waals surface area contributed by atoms with E-state index in [2.05, 4.69) is 15.9 Å². The summed E-state index contributed by atoms with van der Waals surface area (Å²) in [6.45, 7) is -0.763. The van der Waals surface area contributed by atoms with E-state index >= 15 is 0 Å². The van der Waals surface area contributed by atoms with Gasteiger partial charge in [-0.3, -0.25) is 4.79 Å². The maximum Gasteiger partial charge on any atom is 0.256 e. The van der Waals surface area contributed by atoms with Crippen LogP contribution in [-0.2, 0) is 6.54 Å². The van der Waals surface area contributed by atoms with E-state index in [-0.39, 0.29) is 6.61 Å². The molecular weight excluding hydrogens is 358 g/mol. The molecule has 4 nitrogen and oxygen atoms in total. The van der Waals surface area contributed by atoms with Crippen LogP contribution in [0.25, 0.3) is 11.3 Å². The van der Waals surface area contributed by atoms with Crippen molar-refractivity contribution < 1.29 is 13.5 Å². The molecule has 0 fully saturated rings. The Kier molecular flexibility index (Phi) is 5.28. The van der Waals surface area contributed by atoms with Crippen LogP contribution in [0.15, 0.2) is 45.7 Å². The van der Waals surface area contributed by atoms with E-state index < -0.39 is 18.5 Å². The van der Waals surface area contributed by atoms with Crippen molar-refractivity contribution in [2.75, 3.05) is 6.61 Å². The molecule has 1 aromatic heterocycles. The van der Waals surface area contributed by atoms with Gasteiger partial charge in [-0.2, -0.15) is 5.26 Å². The molecule has 0 unspecified atom stereocenters. The topological polar surface area (TPSA) is 55.0 Å². The summed E-state index contributed by atoms with van der Waals surface area (Å²) in [7, 11) is 0. The van der Waals surface area contributed by atoms with Gasteiger partial charge in [-0.15, -0.1) is 0 Å². The molecule has 0 saturated carbocycles. The quantitative estimate of drug-likeness (QED) is 0.811. The van der Waals surface area contributed by atoms with Crippen LogP contribution in [0.1, 0.15) is 0 Å². The van der Waals surface area contributed by atoms with Crippen molar-refractivity contribution in [3.63, 3.8) is 0 Å². The van der Waals surface area contributed by atoms with E-state index in [1.165, 1.54) is 12.1 Å². The van der Waals surface area contributed by atoms with Gasteiger partial charge in [0.15, 0.2) is 6.61 Å². The summed E-state index contributed by atoms with van der Waals surface area (Å²) in [6.07, 6.45) is -2.63. The fourth-order valence-corrected chi connectivity index (χ4v) is 2.55. The van der Waals surface area contributed by atoms with E-state index in [1.54, 1.807) is 24.3 Å². The Bertz CT molecular complexity index is 769. The Hall–Kier alpha value is -2.20. The minimum Gasteiger partial charge on any atom is -0.479 e. The third-order valence-corrected chi connectivity index (χ3v) is 3.55. The van der Waals surface area contributed by atoms with Gasteiger partial charge < -0.3 is 9.30 Å². The molecule has 0 aliphatic carbocycles. The molecule has 0 spiro atoms. The number of benzene rings is 1. The molecule has 1 heterocycles. The lowest BCUT2D eigenvalue weighted by atomic mass is 10.1. The SMILES string of the molecule is N#CCOc1ccc(-c2cccc(=O)n2CC(F)F)c(Br)c1. The number of hydrogen-bond acceptors (Lipinski definition) is 3. The number of nitrogens with zero attached hydrogens (tertiary/aromatic N) is 2. The van der Waals surface area contributed by atoms with Crippen LogP contribution in [0.3, 0.4) is 0 Å². The zero-order chi connectivity index (χ0) is 16.1. The van der Waals surface area contributed by atoms with Crippen molar-refractivity contribution in [2.45, 2.75) is 13.0 Å². The summed E-state index contributed by atoms with van der Waals surface area (Å²) in [5.41, 5.74) is 0.476. The lowest BCUT2D eigenvalue weighted by molar-refractivity contribution is 0.126. The number of rotatable bonds is 5. The average Bonchev–Trinajstić information content (AvgIpc) is 2.47. The fraction of sp³-hybridized carbons (Fsp3) is 0.200. The average molecular weight is 369 g/mol. The second-order valence-corrected chi connectivity index (χ2v) is 5.19. The van der Waals surface area contributed by atoms with Gasteiger partial charge in [-0.25, -0.2) is 8.78 Å². The number of aromatic nitrogens is 1. The predicted octanol–water partition coefficient (Wildman–Crippen LogP) is 3.45. The van der Waals surface area contributed by atoms with E-state index in [0.29, 0.717) is 21.5 Å². The Morgan fingerprint density at radius 2 is 2.09 bits per heavy atom. The van der Waals surface area contributed by atoms with Crippen LogP contribution in [0.5, 0.6) is 5.75 Å². The van der Waals surface area contributed by atoms with Gasteiger partial charge >= 0.3 is 0 Å².